The molecular formula is C25H15BrCl3F4N3O3. The average Bonchev–Trinajstić information content (AvgIpc) is 3.46. The van der Waals surface area contributed by atoms with Crippen LogP contribution in [-0.4, -0.2) is 28.5 Å². The zero-order valence-electron chi connectivity index (χ0n) is 19.2. The number of hydrogen-bond donors (Lipinski definition) is 3. The first-order chi connectivity index (χ1) is 18.3. The first-order valence-corrected chi connectivity index (χ1v) is 12.9. The van der Waals surface area contributed by atoms with Crippen molar-refractivity contribution in [3.8, 4) is 0 Å². The lowest BCUT2D eigenvalue weighted by Gasteiger charge is -2.13. The van der Waals surface area contributed by atoms with Gasteiger partial charge < -0.3 is 16.0 Å². The Morgan fingerprint density at radius 1 is 0.923 bits per heavy atom. The molecule has 0 aromatic heterocycles. The van der Waals surface area contributed by atoms with Crippen molar-refractivity contribution >= 4 is 85.5 Å². The van der Waals surface area contributed by atoms with E-state index in [4.69, 9.17) is 34.8 Å². The number of amides is 3. The lowest BCUT2D eigenvalue weighted by atomic mass is 10.1. The molecule has 14 heteroatoms. The molecule has 3 aromatic carbocycles. The summed E-state index contributed by atoms with van der Waals surface area (Å²) < 4.78 is 53.2. The molecule has 6 nitrogen and oxygen atoms in total. The fourth-order valence-electron chi connectivity index (χ4n) is 3.87. The number of hydrogen-bond acceptors (Lipinski definition) is 3. The van der Waals surface area contributed by atoms with E-state index < -0.39 is 63.3 Å². The van der Waals surface area contributed by atoms with Crippen LogP contribution in [0.15, 0.2) is 59.1 Å². The van der Waals surface area contributed by atoms with Crippen molar-refractivity contribution in [2.24, 2.45) is 5.92 Å². The van der Waals surface area contributed by atoms with Crippen LogP contribution < -0.4 is 16.0 Å². The predicted molar refractivity (Wildman–Crippen MR) is 144 cm³/mol. The summed E-state index contributed by atoms with van der Waals surface area (Å²) in [6, 6.07) is 12.6. The van der Waals surface area contributed by atoms with E-state index in [0.29, 0.717) is 6.07 Å². The van der Waals surface area contributed by atoms with Gasteiger partial charge in [0.05, 0.1) is 22.2 Å². The van der Waals surface area contributed by atoms with E-state index in [2.05, 4.69) is 26.6 Å². The topological polar surface area (TPSA) is 87.3 Å². The summed E-state index contributed by atoms with van der Waals surface area (Å²) in [5, 5.41) is 6.10. The molecule has 0 unspecified atom stereocenters. The molecular weight excluding hydrogens is 653 g/mol. The number of anilines is 3. The lowest BCUT2D eigenvalue weighted by molar-refractivity contribution is -0.126. The first kappa shape index (κ1) is 29.1. The van der Waals surface area contributed by atoms with Crippen LogP contribution in [0.1, 0.15) is 21.8 Å². The molecule has 0 heterocycles. The molecule has 1 aliphatic rings. The zero-order chi connectivity index (χ0) is 28.6. The Balaban J connectivity index is 1.51. The van der Waals surface area contributed by atoms with E-state index in [-0.39, 0.29) is 16.3 Å². The SMILES string of the molecule is O=C(Nc1ccc(F)c(NC(=O)C(F)F)c1F)c1cc(NC(=O)[C@H]2[C@H](c3ccc(Br)cc3)C2(Cl)Cl)ccc1Cl. The fourth-order valence-corrected chi connectivity index (χ4v) is 5.16. The highest BCUT2D eigenvalue weighted by Gasteiger charge is 2.67. The largest absolute Gasteiger partial charge is 0.326 e. The third kappa shape index (κ3) is 6.16. The van der Waals surface area contributed by atoms with Crippen LogP contribution in [0, 0.1) is 17.6 Å². The van der Waals surface area contributed by atoms with Gasteiger partial charge in [0, 0.05) is 16.1 Å². The summed E-state index contributed by atoms with van der Waals surface area (Å²) in [4.78, 5) is 37.0. The molecule has 0 bridgehead atoms. The van der Waals surface area contributed by atoms with Crippen molar-refractivity contribution < 1.29 is 31.9 Å². The number of carbonyl (C=O) groups excluding carboxylic acids is 3. The minimum atomic E-state index is -3.53. The molecule has 4 rings (SSSR count). The van der Waals surface area contributed by atoms with Crippen LogP contribution in [0.2, 0.25) is 5.02 Å². The van der Waals surface area contributed by atoms with Gasteiger partial charge in [-0.1, -0.05) is 39.7 Å². The van der Waals surface area contributed by atoms with Gasteiger partial charge in [-0.2, -0.15) is 8.78 Å². The van der Waals surface area contributed by atoms with E-state index in [9.17, 15) is 31.9 Å². The van der Waals surface area contributed by atoms with Gasteiger partial charge in [-0.25, -0.2) is 8.78 Å². The molecule has 0 radical (unpaired) electrons. The molecule has 0 saturated heterocycles. The Kier molecular flexibility index (Phi) is 8.46. The summed E-state index contributed by atoms with van der Waals surface area (Å²) in [6.07, 6.45) is -3.53. The lowest BCUT2D eigenvalue weighted by Crippen LogP contribution is -2.22. The van der Waals surface area contributed by atoms with Crippen molar-refractivity contribution in [1.82, 2.24) is 0 Å². The van der Waals surface area contributed by atoms with Gasteiger partial charge in [-0.05, 0) is 48.0 Å². The van der Waals surface area contributed by atoms with Crippen LogP contribution in [0.3, 0.4) is 0 Å². The predicted octanol–water partition coefficient (Wildman–Crippen LogP) is 7.36. The Labute approximate surface area is 242 Å². The summed E-state index contributed by atoms with van der Waals surface area (Å²) >= 11 is 22.2. The van der Waals surface area contributed by atoms with Gasteiger partial charge in [-0.3, -0.25) is 14.4 Å². The number of nitrogens with one attached hydrogen (secondary N) is 3. The number of halogens is 8. The molecule has 0 aliphatic heterocycles. The highest BCUT2D eigenvalue weighted by molar-refractivity contribution is 9.10. The molecule has 2 atom stereocenters. The van der Waals surface area contributed by atoms with Crippen LogP contribution in [0.25, 0.3) is 0 Å². The molecule has 3 N–H and O–H groups in total. The van der Waals surface area contributed by atoms with Gasteiger partial charge in [0.25, 0.3) is 11.8 Å². The summed E-state index contributed by atoms with van der Waals surface area (Å²) in [5.74, 6) is -7.54. The zero-order valence-corrected chi connectivity index (χ0v) is 23.0. The van der Waals surface area contributed by atoms with Crippen LogP contribution in [0.4, 0.5) is 34.6 Å². The minimum Gasteiger partial charge on any atom is -0.326 e. The third-order valence-electron chi connectivity index (χ3n) is 5.83. The molecule has 1 saturated carbocycles. The van der Waals surface area contributed by atoms with Gasteiger partial charge in [0.1, 0.15) is 15.8 Å². The minimum absolute atomic E-state index is 0.0811. The Hall–Kier alpha value is -2.86. The molecule has 1 fully saturated rings. The molecule has 3 amide bonds. The van der Waals surface area contributed by atoms with Crippen LogP contribution >= 0.6 is 50.7 Å². The second-order valence-corrected chi connectivity index (χ2v) is 11.2. The standard InChI is InChI=1S/C25H15BrCl3F4N3O3/c26-11-3-1-10(2-4-11)17-18(25(17,28)29)23(38)34-12-5-6-14(27)13(9-12)22(37)35-16-8-7-15(30)20(19(16)31)36-24(39)21(32)33/h1-9,17-18,21H,(H,34,38)(H,35,37)(H,36,39)/t17-,18+/m0/s1. The maximum atomic E-state index is 14.7. The average molecular weight is 668 g/mol. The molecule has 204 valence electrons. The van der Waals surface area contributed by atoms with Crippen LogP contribution in [-0.2, 0) is 9.59 Å². The van der Waals surface area contributed by atoms with Gasteiger partial charge in [0.15, 0.2) is 5.82 Å². The second-order valence-electron chi connectivity index (χ2n) is 8.39. The normalized spacial score (nSPS) is 17.5. The van der Waals surface area contributed by atoms with Gasteiger partial charge in [0.2, 0.25) is 5.91 Å². The van der Waals surface area contributed by atoms with E-state index in [1.807, 2.05) is 0 Å². The van der Waals surface area contributed by atoms with E-state index in [1.165, 1.54) is 23.5 Å². The first-order valence-electron chi connectivity index (χ1n) is 10.9. The number of rotatable bonds is 7. The van der Waals surface area contributed by atoms with E-state index in [0.717, 1.165) is 16.1 Å². The van der Waals surface area contributed by atoms with Crippen molar-refractivity contribution in [3.63, 3.8) is 0 Å². The maximum Gasteiger partial charge on any atom is 0.315 e. The van der Waals surface area contributed by atoms with Gasteiger partial charge >= 0.3 is 6.43 Å². The van der Waals surface area contributed by atoms with Crippen molar-refractivity contribution in [3.05, 3.63) is 86.9 Å². The summed E-state index contributed by atoms with van der Waals surface area (Å²) in [7, 11) is 0. The van der Waals surface area contributed by atoms with Crippen molar-refractivity contribution in [2.45, 2.75) is 16.7 Å². The quantitative estimate of drug-likeness (QED) is 0.182. The monoisotopic (exact) mass is 665 g/mol. The molecule has 39 heavy (non-hydrogen) atoms. The highest BCUT2D eigenvalue weighted by Crippen LogP contribution is 2.65. The summed E-state index contributed by atoms with van der Waals surface area (Å²) in [6.45, 7) is 0. The number of benzene rings is 3. The van der Waals surface area contributed by atoms with Gasteiger partial charge in [-0.15, -0.1) is 23.2 Å². The highest BCUT2D eigenvalue weighted by atomic mass is 79.9. The maximum absolute atomic E-state index is 14.7. The molecule has 0 spiro atoms. The molecule has 1 aliphatic carbocycles. The number of alkyl halides is 4. The third-order valence-corrected chi connectivity index (χ3v) is 7.63. The Morgan fingerprint density at radius 2 is 1.59 bits per heavy atom. The van der Waals surface area contributed by atoms with Crippen molar-refractivity contribution in [2.75, 3.05) is 16.0 Å². The fraction of sp³-hybridized carbons (Fsp3) is 0.160. The summed E-state index contributed by atoms with van der Waals surface area (Å²) in [5.41, 5.74) is -1.10. The smallest absolute Gasteiger partial charge is 0.315 e. The number of carbonyl (C=O) groups is 3. The van der Waals surface area contributed by atoms with Crippen molar-refractivity contribution in [1.29, 1.82) is 0 Å². The van der Waals surface area contributed by atoms with Crippen LogP contribution in [0.5, 0.6) is 0 Å². The molecule has 3 aromatic rings. The Morgan fingerprint density at radius 3 is 2.23 bits per heavy atom. The second kappa shape index (κ2) is 11.3. The van der Waals surface area contributed by atoms with E-state index in [1.54, 1.807) is 24.3 Å². The van der Waals surface area contributed by atoms with E-state index >= 15 is 0 Å². The Bertz CT molecular complexity index is 1470.